The van der Waals surface area contributed by atoms with Crippen LogP contribution in [-0.2, 0) is 22.6 Å². The van der Waals surface area contributed by atoms with E-state index in [1.165, 1.54) is 11.1 Å². The number of halogens is 1. The third-order valence-electron chi connectivity index (χ3n) is 4.46. The minimum atomic E-state index is 0. The predicted octanol–water partition coefficient (Wildman–Crippen LogP) is 2.11. The van der Waals surface area contributed by atoms with Crippen LogP contribution in [0, 0.1) is 0 Å². The van der Waals surface area contributed by atoms with Crippen LogP contribution in [0.15, 0.2) is 29.3 Å². The van der Waals surface area contributed by atoms with Gasteiger partial charge in [-0.25, -0.2) is 4.99 Å². The first-order valence-corrected chi connectivity index (χ1v) is 10.3. The Bertz CT molecular complexity index is 633. The number of nitrogens with zero attached hydrogens (tertiary/aromatic N) is 2. The first-order chi connectivity index (χ1) is 13.6. The van der Waals surface area contributed by atoms with Gasteiger partial charge in [-0.2, -0.15) is 0 Å². The van der Waals surface area contributed by atoms with E-state index >= 15 is 0 Å². The summed E-state index contributed by atoms with van der Waals surface area (Å²) in [6.45, 7) is 12.4. The van der Waals surface area contributed by atoms with E-state index in [0.717, 1.165) is 45.4 Å². The van der Waals surface area contributed by atoms with Crippen molar-refractivity contribution in [3.8, 4) is 0 Å². The molecule has 1 aromatic carbocycles. The van der Waals surface area contributed by atoms with Gasteiger partial charge >= 0.3 is 0 Å². The average molecular weight is 517 g/mol. The van der Waals surface area contributed by atoms with Crippen molar-refractivity contribution >= 4 is 35.8 Å². The molecule has 0 radical (unpaired) electrons. The lowest BCUT2D eigenvalue weighted by molar-refractivity contribution is -0.121. The van der Waals surface area contributed by atoms with Gasteiger partial charge in [0.1, 0.15) is 0 Å². The summed E-state index contributed by atoms with van der Waals surface area (Å²) in [6.07, 6.45) is 0.427. The van der Waals surface area contributed by atoms with Crippen molar-refractivity contribution in [1.29, 1.82) is 0 Å². The molecule has 3 N–H and O–H groups in total. The van der Waals surface area contributed by atoms with Crippen LogP contribution in [0.4, 0.5) is 0 Å². The summed E-state index contributed by atoms with van der Waals surface area (Å²) in [5.41, 5.74) is 2.53. The van der Waals surface area contributed by atoms with E-state index in [0.29, 0.717) is 19.5 Å². The van der Waals surface area contributed by atoms with E-state index < -0.39 is 0 Å². The minimum absolute atomic E-state index is 0. The molecular weight excluding hydrogens is 481 g/mol. The Labute approximate surface area is 192 Å². The summed E-state index contributed by atoms with van der Waals surface area (Å²) >= 11 is 0. The molecule has 0 spiro atoms. The highest BCUT2D eigenvalue weighted by Gasteiger charge is 2.12. The van der Waals surface area contributed by atoms with Crippen molar-refractivity contribution in [3.05, 3.63) is 35.4 Å². The second-order valence-electron chi connectivity index (χ2n) is 7.25. The van der Waals surface area contributed by atoms with Gasteiger partial charge in [0.15, 0.2) is 5.96 Å². The molecule has 1 aliphatic rings. The molecular formula is C21H36IN5O2. The van der Waals surface area contributed by atoms with E-state index in [4.69, 9.17) is 9.73 Å². The summed E-state index contributed by atoms with van der Waals surface area (Å²) in [7, 11) is 0. The van der Waals surface area contributed by atoms with Crippen LogP contribution < -0.4 is 16.0 Å². The third kappa shape index (κ3) is 10.3. The van der Waals surface area contributed by atoms with Gasteiger partial charge < -0.3 is 20.7 Å². The first-order valence-electron chi connectivity index (χ1n) is 10.3. The maximum Gasteiger partial charge on any atom is 0.221 e. The van der Waals surface area contributed by atoms with Crippen LogP contribution in [0.25, 0.3) is 0 Å². The van der Waals surface area contributed by atoms with Gasteiger partial charge in [-0.05, 0) is 31.9 Å². The molecule has 0 unspecified atom stereocenters. The highest BCUT2D eigenvalue weighted by Crippen LogP contribution is 2.14. The van der Waals surface area contributed by atoms with Crippen LogP contribution in [0.5, 0.6) is 0 Å². The summed E-state index contributed by atoms with van der Waals surface area (Å²) in [5.74, 6) is 0.787. The van der Waals surface area contributed by atoms with Crippen LogP contribution in [0.2, 0.25) is 0 Å². The molecule has 164 valence electrons. The van der Waals surface area contributed by atoms with Gasteiger partial charge in [-0.3, -0.25) is 9.69 Å². The van der Waals surface area contributed by atoms with E-state index in [-0.39, 0.29) is 35.9 Å². The number of amides is 1. The number of carbonyl (C=O) groups is 1. The van der Waals surface area contributed by atoms with Crippen molar-refractivity contribution in [2.24, 2.45) is 4.99 Å². The second-order valence-corrected chi connectivity index (χ2v) is 7.25. The molecule has 0 atom stereocenters. The maximum atomic E-state index is 11.8. The maximum absolute atomic E-state index is 11.8. The SMILES string of the molecule is CCNC(=NCc1ccccc1CN1CCOCC1)NCCC(=O)NC(C)C.I. The standard InChI is InChI=1S/C21H35N5O2.HI/c1-4-22-21(23-10-9-20(27)25-17(2)3)24-15-18-7-5-6-8-19(18)16-26-11-13-28-14-12-26;/h5-8,17H,4,9-16H2,1-3H3,(H,25,27)(H2,22,23,24);1H. The molecule has 0 saturated carbocycles. The lowest BCUT2D eigenvalue weighted by Gasteiger charge is -2.27. The number of morpholine rings is 1. The van der Waals surface area contributed by atoms with Crippen molar-refractivity contribution < 1.29 is 9.53 Å². The smallest absolute Gasteiger partial charge is 0.221 e. The fraction of sp³-hybridized carbons (Fsp3) is 0.619. The molecule has 0 bridgehead atoms. The van der Waals surface area contributed by atoms with Crippen LogP contribution in [-0.4, -0.2) is 62.2 Å². The Balaban J connectivity index is 0.00000420. The molecule has 2 rings (SSSR count). The van der Waals surface area contributed by atoms with Gasteiger partial charge in [-0.1, -0.05) is 24.3 Å². The lowest BCUT2D eigenvalue weighted by atomic mass is 10.1. The van der Waals surface area contributed by atoms with E-state index in [1.807, 2.05) is 20.8 Å². The van der Waals surface area contributed by atoms with Crippen molar-refractivity contribution in [1.82, 2.24) is 20.9 Å². The molecule has 7 nitrogen and oxygen atoms in total. The number of hydrogen-bond acceptors (Lipinski definition) is 4. The normalized spacial score (nSPS) is 15.0. The number of benzene rings is 1. The third-order valence-corrected chi connectivity index (χ3v) is 4.46. The zero-order valence-corrected chi connectivity index (χ0v) is 20.2. The quantitative estimate of drug-likeness (QED) is 0.266. The van der Waals surface area contributed by atoms with Crippen molar-refractivity contribution in [2.75, 3.05) is 39.4 Å². The highest BCUT2D eigenvalue weighted by molar-refractivity contribution is 14.0. The minimum Gasteiger partial charge on any atom is -0.379 e. The number of carbonyl (C=O) groups excluding carboxylic acids is 1. The topological polar surface area (TPSA) is 78.0 Å². The van der Waals surface area contributed by atoms with Gasteiger partial charge in [-0.15, -0.1) is 24.0 Å². The van der Waals surface area contributed by atoms with Crippen molar-refractivity contribution in [2.45, 2.75) is 46.3 Å². The molecule has 0 aliphatic carbocycles. The Hall–Kier alpha value is -1.39. The van der Waals surface area contributed by atoms with Gasteiger partial charge in [0.05, 0.1) is 19.8 Å². The molecule has 1 aliphatic heterocycles. The number of aliphatic imine (C=N–C) groups is 1. The van der Waals surface area contributed by atoms with Crippen LogP contribution in [0.3, 0.4) is 0 Å². The lowest BCUT2D eigenvalue weighted by Crippen LogP contribution is -2.40. The van der Waals surface area contributed by atoms with Gasteiger partial charge in [0, 0.05) is 45.2 Å². The Kier molecular flexibility index (Phi) is 12.9. The highest BCUT2D eigenvalue weighted by atomic mass is 127. The molecule has 0 aromatic heterocycles. The first kappa shape index (κ1) is 25.6. The Morgan fingerprint density at radius 3 is 2.52 bits per heavy atom. The monoisotopic (exact) mass is 517 g/mol. The van der Waals surface area contributed by atoms with Gasteiger partial charge in [0.2, 0.25) is 5.91 Å². The molecule has 1 aromatic rings. The number of rotatable bonds is 9. The summed E-state index contributed by atoms with van der Waals surface area (Å²) in [6, 6.07) is 8.62. The van der Waals surface area contributed by atoms with E-state index in [1.54, 1.807) is 0 Å². The molecule has 29 heavy (non-hydrogen) atoms. The van der Waals surface area contributed by atoms with Crippen molar-refractivity contribution in [3.63, 3.8) is 0 Å². The number of guanidine groups is 1. The average Bonchev–Trinajstić information content (AvgIpc) is 2.67. The summed E-state index contributed by atoms with van der Waals surface area (Å²) in [5, 5.41) is 9.40. The number of nitrogens with one attached hydrogen (secondary N) is 3. The second kappa shape index (κ2) is 14.6. The Morgan fingerprint density at radius 2 is 1.86 bits per heavy atom. The fourth-order valence-corrected chi connectivity index (χ4v) is 3.06. The molecule has 8 heteroatoms. The fourth-order valence-electron chi connectivity index (χ4n) is 3.06. The Morgan fingerprint density at radius 1 is 1.17 bits per heavy atom. The zero-order valence-electron chi connectivity index (χ0n) is 17.9. The molecule has 1 heterocycles. The molecule has 1 saturated heterocycles. The number of ether oxygens (including phenoxy) is 1. The molecule has 1 amide bonds. The largest absolute Gasteiger partial charge is 0.379 e. The molecule has 1 fully saturated rings. The van der Waals surface area contributed by atoms with Gasteiger partial charge in [0.25, 0.3) is 0 Å². The summed E-state index contributed by atoms with van der Waals surface area (Å²) in [4.78, 5) is 18.9. The van der Waals surface area contributed by atoms with E-state index in [2.05, 4.69) is 45.1 Å². The zero-order chi connectivity index (χ0) is 20.2. The summed E-state index contributed by atoms with van der Waals surface area (Å²) < 4.78 is 5.44. The van der Waals surface area contributed by atoms with Crippen LogP contribution >= 0.6 is 24.0 Å². The predicted molar refractivity (Wildman–Crippen MR) is 129 cm³/mol. The van der Waals surface area contributed by atoms with Crippen LogP contribution in [0.1, 0.15) is 38.3 Å². The van der Waals surface area contributed by atoms with E-state index in [9.17, 15) is 4.79 Å². The number of hydrogen-bond donors (Lipinski definition) is 3.